The van der Waals surface area contributed by atoms with E-state index < -0.39 is 58.3 Å². The molecule has 0 saturated heterocycles. The molecule has 0 spiro atoms. The quantitative estimate of drug-likeness (QED) is 0.175. The van der Waals surface area contributed by atoms with Crippen molar-refractivity contribution < 1.29 is 52.7 Å². The van der Waals surface area contributed by atoms with Crippen LogP contribution in [0.15, 0.2) is 84.9 Å². The van der Waals surface area contributed by atoms with Crippen LogP contribution < -0.4 is 0 Å². The Labute approximate surface area is 269 Å². The summed E-state index contributed by atoms with van der Waals surface area (Å²) in [7, 11) is 0. The zero-order chi connectivity index (χ0) is 36.0. The van der Waals surface area contributed by atoms with Crippen LogP contribution in [0.4, 0.5) is 52.7 Å². The van der Waals surface area contributed by atoms with Crippen molar-refractivity contribution in [3.63, 3.8) is 0 Å². The van der Waals surface area contributed by atoms with Crippen LogP contribution in [-0.4, -0.2) is 30.0 Å². The van der Waals surface area contributed by atoms with Crippen LogP contribution in [0.5, 0.6) is 0 Å². The van der Waals surface area contributed by atoms with Crippen LogP contribution in [0.25, 0.3) is 44.0 Å². The van der Waals surface area contributed by atoms with Crippen molar-refractivity contribution in [2.75, 3.05) is 0 Å². The third-order valence-electron chi connectivity index (χ3n) is 7.96. The Kier molecular flexibility index (Phi) is 7.17. The number of H-pyrrole nitrogens is 2. The molecule has 0 fully saturated rings. The lowest BCUT2D eigenvalue weighted by atomic mass is 10.0. The van der Waals surface area contributed by atoms with E-state index in [-0.39, 0.29) is 55.4 Å². The Bertz CT molecular complexity index is 2490. The Morgan fingerprint density at radius 3 is 1.44 bits per heavy atom. The molecule has 2 aliphatic rings. The van der Waals surface area contributed by atoms with Gasteiger partial charge in [-0.15, -0.1) is 5.10 Å². The molecule has 0 radical (unpaired) electrons. The predicted octanol–water partition coefficient (Wildman–Crippen LogP) is 10.1. The number of fused-ring (bicyclic) bond motifs is 7. The van der Waals surface area contributed by atoms with Gasteiger partial charge in [0.1, 0.15) is 11.0 Å². The molecule has 5 aromatic rings. The zero-order valence-corrected chi connectivity index (χ0v) is 24.4. The largest absolute Gasteiger partial charge is 0.416 e. The van der Waals surface area contributed by atoms with Crippen LogP contribution in [0.1, 0.15) is 22.3 Å². The van der Waals surface area contributed by atoms with E-state index in [4.69, 9.17) is 0 Å². The standard InChI is InChI=1S/C32H16F12N6/c33-29(34,35)15-9-16(30(36,37)38)12-19(11-15)49-27-23-7-3-1-5-21(23)25-28(24-8-4-2-6-22(24)26(27)46-48-49)50(47-45-25)20-13-17(31(39,40)41)10-18(14-20)32(42,43)44/h1-14,45,47H. The van der Waals surface area contributed by atoms with Crippen molar-refractivity contribution in [1.82, 2.24) is 30.0 Å². The fourth-order valence-electron chi connectivity index (χ4n) is 5.80. The summed E-state index contributed by atoms with van der Waals surface area (Å²) in [5, 5.41) is 14.3. The Balaban J connectivity index is 1.67. The minimum Gasteiger partial charge on any atom is -0.284 e. The zero-order valence-electron chi connectivity index (χ0n) is 24.4. The first kappa shape index (κ1) is 32.8. The van der Waals surface area contributed by atoms with E-state index in [1.807, 2.05) is 0 Å². The molecule has 258 valence electrons. The minimum atomic E-state index is -5.17. The molecule has 0 unspecified atom stereocenters. The van der Waals surface area contributed by atoms with Gasteiger partial charge in [-0.2, -0.15) is 52.7 Å². The molecule has 0 bridgehead atoms. The van der Waals surface area contributed by atoms with E-state index in [1.165, 1.54) is 48.5 Å². The first-order chi connectivity index (χ1) is 23.3. The van der Waals surface area contributed by atoms with Crippen LogP contribution in [0, 0.1) is 10.7 Å². The second kappa shape index (κ2) is 10.9. The molecular formula is C32H16F12N6. The van der Waals surface area contributed by atoms with Gasteiger partial charge < -0.3 is 0 Å². The lowest BCUT2D eigenvalue weighted by Crippen LogP contribution is -2.13. The van der Waals surface area contributed by atoms with Gasteiger partial charge in [0.25, 0.3) is 0 Å². The number of hydrogen-bond donors (Lipinski definition) is 2. The predicted molar refractivity (Wildman–Crippen MR) is 155 cm³/mol. The van der Waals surface area contributed by atoms with Gasteiger partial charge in [0.2, 0.25) is 0 Å². The number of rotatable bonds is 2. The summed E-state index contributed by atoms with van der Waals surface area (Å²) in [6.45, 7) is 0. The summed E-state index contributed by atoms with van der Waals surface area (Å²) in [6.07, 6.45) is -20.7. The third-order valence-corrected chi connectivity index (χ3v) is 7.96. The molecule has 0 saturated carbocycles. The Morgan fingerprint density at radius 2 is 0.940 bits per heavy atom. The maximum Gasteiger partial charge on any atom is 0.416 e. The van der Waals surface area contributed by atoms with Crippen LogP contribution in [0.2, 0.25) is 0 Å². The van der Waals surface area contributed by atoms with Crippen LogP contribution in [0.3, 0.4) is 0 Å². The molecule has 1 aliphatic carbocycles. The van der Waals surface area contributed by atoms with E-state index in [9.17, 15) is 52.7 Å². The minimum absolute atomic E-state index is 0.0216. The number of aromatic amines is 2. The van der Waals surface area contributed by atoms with E-state index in [0.29, 0.717) is 24.3 Å². The fraction of sp³-hybridized carbons (Fsp3) is 0.125. The Morgan fingerprint density at radius 1 is 0.500 bits per heavy atom. The van der Waals surface area contributed by atoms with Crippen molar-refractivity contribution in [3.05, 3.63) is 118 Å². The van der Waals surface area contributed by atoms with Gasteiger partial charge in [-0.3, -0.25) is 5.10 Å². The first-order valence-electron chi connectivity index (χ1n) is 14.1. The molecule has 6 nitrogen and oxygen atoms in total. The molecular weight excluding hydrogens is 696 g/mol. The lowest BCUT2D eigenvalue weighted by molar-refractivity contribution is -0.144. The normalized spacial score (nSPS) is 13.2. The van der Waals surface area contributed by atoms with Gasteiger partial charge in [0.05, 0.1) is 44.3 Å². The highest BCUT2D eigenvalue weighted by Crippen LogP contribution is 2.40. The average Bonchev–Trinajstić information content (AvgIpc) is 3.67. The number of hydrogen-bond acceptors (Lipinski definition) is 2. The molecule has 7 rings (SSSR count). The van der Waals surface area contributed by atoms with Gasteiger partial charge >= 0.3 is 24.7 Å². The van der Waals surface area contributed by atoms with Gasteiger partial charge in [0, 0.05) is 21.5 Å². The number of benzene rings is 4. The van der Waals surface area contributed by atoms with Crippen LogP contribution in [-0.2, 0) is 24.7 Å². The summed E-state index contributed by atoms with van der Waals surface area (Å²) in [5.41, 5.74) is -7.68. The topological polar surface area (TPSA) is 67.2 Å². The van der Waals surface area contributed by atoms with Gasteiger partial charge in [-0.1, -0.05) is 53.7 Å². The van der Waals surface area contributed by atoms with E-state index in [0.717, 1.165) is 9.36 Å². The summed E-state index contributed by atoms with van der Waals surface area (Å²) < 4.78 is 168. The van der Waals surface area contributed by atoms with Gasteiger partial charge in [-0.05, 0) is 36.4 Å². The number of aromatic nitrogens is 6. The molecule has 50 heavy (non-hydrogen) atoms. The molecule has 2 N–H and O–H groups in total. The van der Waals surface area contributed by atoms with Gasteiger partial charge in [0.15, 0.2) is 0 Å². The van der Waals surface area contributed by atoms with E-state index >= 15 is 0 Å². The number of halogens is 12. The highest BCUT2D eigenvalue weighted by Gasteiger charge is 2.39. The second-order valence-electron chi connectivity index (χ2n) is 11.1. The maximum atomic E-state index is 13.8. The van der Waals surface area contributed by atoms with E-state index in [1.54, 1.807) is 0 Å². The molecule has 1 aliphatic heterocycles. The van der Waals surface area contributed by atoms with Crippen molar-refractivity contribution in [1.29, 1.82) is 0 Å². The van der Waals surface area contributed by atoms with E-state index in [2.05, 4.69) is 20.6 Å². The van der Waals surface area contributed by atoms with Crippen molar-refractivity contribution in [2.45, 2.75) is 24.7 Å². The maximum absolute atomic E-state index is 13.8. The molecule has 2 heterocycles. The molecule has 18 heteroatoms. The number of alkyl halides is 12. The fourth-order valence-corrected chi connectivity index (χ4v) is 5.80. The number of nitrogens with one attached hydrogen (secondary N) is 2. The average molecular weight is 712 g/mol. The number of nitrogens with zero attached hydrogens (tertiary/aromatic N) is 4. The summed E-state index contributed by atoms with van der Waals surface area (Å²) >= 11 is 0. The summed E-state index contributed by atoms with van der Waals surface area (Å²) in [6, 6.07) is 13.8. The highest BCUT2D eigenvalue weighted by atomic mass is 19.4. The highest BCUT2D eigenvalue weighted by molar-refractivity contribution is 6.12. The first-order valence-corrected chi connectivity index (χ1v) is 14.1. The lowest BCUT2D eigenvalue weighted by Gasteiger charge is -2.15. The summed E-state index contributed by atoms with van der Waals surface area (Å²) in [5.74, 6) is 0. The Hall–Kier alpha value is -5.68. The summed E-state index contributed by atoms with van der Waals surface area (Å²) in [4.78, 5) is 0. The molecule has 0 amide bonds. The van der Waals surface area contributed by atoms with Gasteiger partial charge in [-0.25, -0.2) is 14.6 Å². The molecule has 1 aromatic heterocycles. The second-order valence-corrected chi connectivity index (χ2v) is 11.1. The van der Waals surface area contributed by atoms with Crippen molar-refractivity contribution >= 4 is 32.6 Å². The van der Waals surface area contributed by atoms with Crippen molar-refractivity contribution in [3.8, 4) is 11.4 Å². The molecule has 4 aromatic carbocycles. The monoisotopic (exact) mass is 712 g/mol. The SMILES string of the molecule is FC(F)(F)c1cc(-n2[nH][nH]c3c4ccccc4c4c(nnn4-c4cc(C(F)(F)F)cc(C(F)(F)F)c4)c4ccccc4c2=3)cc(C(F)(F)F)c1. The molecule has 0 atom stereocenters. The van der Waals surface area contributed by atoms with Crippen molar-refractivity contribution in [2.24, 2.45) is 0 Å². The van der Waals surface area contributed by atoms with Crippen LogP contribution >= 0.6 is 0 Å². The third kappa shape index (κ3) is 5.53. The smallest absolute Gasteiger partial charge is 0.284 e.